The zero-order chi connectivity index (χ0) is 15.7. The van der Waals surface area contributed by atoms with Crippen molar-refractivity contribution in [3.05, 3.63) is 64.8 Å². The quantitative estimate of drug-likeness (QED) is 0.656. The summed E-state index contributed by atoms with van der Waals surface area (Å²) < 4.78 is 40.3. The predicted molar refractivity (Wildman–Crippen MR) is 79.5 cm³/mol. The van der Waals surface area contributed by atoms with E-state index in [1.54, 1.807) is 12.3 Å². The van der Waals surface area contributed by atoms with Crippen LogP contribution < -0.4 is 0 Å². The zero-order valence-corrected chi connectivity index (χ0v) is 12.6. The van der Waals surface area contributed by atoms with Gasteiger partial charge in [-0.25, -0.2) is 4.68 Å². The molecule has 0 N–H and O–H groups in total. The molecule has 22 heavy (non-hydrogen) atoms. The van der Waals surface area contributed by atoms with Gasteiger partial charge in [0.2, 0.25) is 0 Å². The Kier molecular flexibility index (Phi) is 3.74. The fourth-order valence-electron chi connectivity index (χ4n) is 2.00. The average molecular weight is 368 g/mol. The van der Waals surface area contributed by atoms with Crippen LogP contribution in [0.4, 0.5) is 13.2 Å². The lowest BCUT2D eigenvalue weighted by atomic mass is 10.2. The van der Waals surface area contributed by atoms with Gasteiger partial charge in [-0.05, 0) is 18.2 Å². The zero-order valence-electron chi connectivity index (χ0n) is 11.0. The van der Waals surface area contributed by atoms with Crippen molar-refractivity contribution in [1.29, 1.82) is 0 Å². The first-order valence-corrected chi connectivity index (χ1v) is 7.09. The van der Waals surface area contributed by atoms with Crippen LogP contribution in [0.2, 0.25) is 0 Å². The molecule has 0 saturated heterocycles. The van der Waals surface area contributed by atoms with Gasteiger partial charge in [-0.1, -0.05) is 51.5 Å². The Morgan fingerprint density at radius 3 is 2.41 bits per heavy atom. The van der Waals surface area contributed by atoms with Gasteiger partial charge in [0, 0.05) is 10.0 Å². The van der Waals surface area contributed by atoms with Crippen molar-refractivity contribution in [1.82, 2.24) is 15.0 Å². The van der Waals surface area contributed by atoms with Gasteiger partial charge in [0.05, 0.1) is 17.4 Å². The molecule has 112 valence electrons. The number of hydrogen-bond acceptors (Lipinski definition) is 2. The van der Waals surface area contributed by atoms with Gasteiger partial charge >= 0.3 is 6.18 Å². The Bertz CT molecular complexity index is 797. The number of halogens is 4. The first kappa shape index (κ1) is 14.8. The molecule has 0 aliphatic heterocycles. The van der Waals surface area contributed by atoms with Gasteiger partial charge in [0.15, 0.2) is 0 Å². The lowest BCUT2D eigenvalue weighted by molar-refractivity contribution is -0.137. The van der Waals surface area contributed by atoms with Crippen LogP contribution >= 0.6 is 15.9 Å². The predicted octanol–water partition coefficient (Wildman–Crippen LogP) is 4.72. The minimum absolute atomic E-state index is 0.288. The lowest BCUT2D eigenvalue weighted by Gasteiger charge is -2.09. The standard InChI is InChI=1S/C15H9BrF3N3/c16-12-6-11(15(17,18)19)7-13(8-12)22-9-14(20-21-22)10-4-2-1-3-5-10/h1-9H. The van der Waals surface area contributed by atoms with Crippen LogP contribution in [-0.2, 0) is 6.18 Å². The molecule has 2 aromatic carbocycles. The molecule has 0 radical (unpaired) electrons. The van der Waals surface area contributed by atoms with Gasteiger partial charge in [-0.3, -0.25) is 0 Å². The van der Waals surface area contributed by atoms with Crippen molar-refractivity contribution in [3.8, 4) is 16.9 Å². The summed E-state index contributed by atoms with van der Waals surface area (Å²) in [5.41, 5.74) is 0.985. The van der Waals surface area contributed by atoms with Crippen molar-refractivity contribution in [2.24, 2.45) is 0 Å². The molecule has 0 spiro atoms. The minimum Gasteiger partial charge on any atom is -0.220 e. The molecular weight excluding hydrogens is 359 g/mol. The highest BCUT2D eigenvalue weighted by Gasteiger charge is 2.31. The van der Waals surface area contributed by atoms with Crippen LogP contribution in [0, 0.1) is 0 Å². The molecule has 0 amide bonds. The van der Waals surface area contributed by atoms with E-state index in [1.807, 2.05) is 30.3 Å². The fourth-order valence-corrected chi connectivity index (χ4v) is 2.48. The first-order valence-electron chi connectivity index (χ1n) is 6.29. The molecule has 7 heteroatoms. The summed E-state index contributed by atoms with van der Waals surface area (Å²) in [6.45, 7) is 0. The molecule has 0 saturated carbocycles. The molecule has 0 unspecified atom stereocenters. The van der Waals surface area contributed by atoms with Crippen molar-refractivity contribution < 1.29 is 13.2 Å². The smallest absolute Gasteiger partial charge is 0.220 e. The summed E-state index contributed by atoms with van der Waals surface area (Å²) >= 11 is 3.09. The Labute approximate surface area is 132 Å². The lowest BCUT2D eigenvalue weighted by Crippen LogP contribution is -2.06. The number of nitrogens with zero attached hydrogens (tertiary/aromatic N) is 3. The van der Waals surface area contributed by atoms with Crippen LogP contribution in [0.5, 0.6) is 0 Å². The van der Waals surface area contributed by atoms with E-state index in [0.29, 0.717) is 10.2 Å². The summed E-state index contributed by atoms with van der Waals surface area (Å²) in [5.74, 6) is 0. The van der Waals surface area contributed by atoms with E-state index < -0.39 is 11.7 Å². The second kappa shape index (κ2) is 5.57. The van der Waals surface area contributed by atoms with E-state index in [0.717, 1.165) is 17.7 Å². The van der Waals surface area contributed by atoms with Crippen molar-refractivity contribution in [2.75, 3.05) is 0 Å². The fraction of sp³-hybridized carbons (Fsp3) is 0.0667. The van der Waals surface area contributed by atoms with Gasteiger partial charge in [-0.2, -0.15) is 13.2 Å². The number of hydrogen-bond donors (Lipinski definition) is 0. The maximum atomic E-state index is 12.9. The molecule has 0 aliphatic rings. The van der Waals surface area contributed by atoms with Crippen LogP contribution in [0.25, 0.3) is 16.9 Å². The molecule has 3 nitrogen and oxygen atoms in total. The van der Waals surface area contributed by atoms with Gasteiger partial charge < -0.3 is 0 Å². The molecule has 0 atom stereocenters. The van der Waals surface area contributed by atoms with Gasteiger partial charge in [0.25, 0.3) is 0 Å². The number of alkyl halides is 3. The maximum absolute atomic E-state index is 12.9. The molecule has 3 rings (SSSR count). The van der Waals surface area contributed by atoms with Crippen molar-refractivity contribution in [3.63, 3.8) is 0 Å². The molecule has 1 heterocycles. The van der Waals surface area contributed by atoms with E-state index in [4.69, 9.17) is 0 Å². The molecule has 3 aromatic rings. The molecule has 0 aliphatic carbocycles. The third-order valence-electron chi connectivity index (χ3n) is 3.04. The second-order valence-electron chi connectivity index (χ2n) is 4.61. The number of benzene rings is 2. The van der Waals surface area contributed by atoms with E-state index in [2.05, 4.69) is 26.2 Å². The largest absolute Gasteiger partial charge is 0.416 e. The number of aromatic nitrogens is 3. The van der Waals surface area contributed by atoms with Crippen molar-refractivity contribution >= 4 is 15.9 Å². The molecule has 0 fully saturated rings. The molecule has 0 bridgehead atoms. The molecular formula is C15H9BrF3N3. The summed E-state index contributed by atoms with van der Waals surface area (Å²) in [5, 5.41) is 7.91. The third kappa shape index (κ3) is 3.04. The van der Waals surface area contributed by atoms with Crippen LogP contribution in [0.1, 0.15) is 5.56 Å². The van der Waals surface area contributed by atoms with Crippen LogP contribution in [0.15, 0.2) is 59.2 Å². The Morgan fingerprint density at radius 2 is 1.73 bits per heavy atom. The highest BCUT2D eigenvalue weighted by molar-refractivity contribution is 9.10. The number of rotatable bonds is 2. The topological polar surface area (TPSA) is 30.7 Å². The Balaban J connectivity index is 2.02. The maximum Gasteiger partial charge on any atom is 0.416 e. The molecule has 1 aromatic heterocycles. The van der Waals surface area contributed by atoms with Gasteiger partial charge in [0.1, 0.15) is 5.69 Å². The average Bonchev–Trinajstić information content (AvgIpc) is 2.96. The normalized spacial score (nSPS) is 11.6. The summed E-state index contributed by atoms with van der Waals surface area (Å²) in [6, 6.07) is 12.9. The Morgan fingerprint density at radius 1 is 1.00 bits per heavy atom. The van der Waals surface area contributed by atoms with E-state index in [-0.39, 0.29) is 5.69 Å². The summed E-state index contributed by atoms with van der Waals surface area (Å²) in [4.78, 5) is 0. The SMILES string of the molecule is FC(F)(F)c1cc(Br)cc(-n2cc(-c3ccccc3)nn2)c1. The monoisotopic (exact) mass is 367 g/mol. The van der Waals surface area contributed by atoms with Crippen LogP contribution in [0.3, 0.4) is 0 Å². The van der Waals surface area contributed by atoms with Gasteiger partial charge in [-0.15, -0.1) is 5.10 Å². The van der Waals surface area contributed by atoms with E-state index in [1.165, 1.54) is 4.68 Å². The first-order chi connectivity index (χ1) is 10.4. The highest BCUT2D eigenvalue weighted by atomic mass is 79.9. The second-order valence-corrected chi connectivity index (χ2v) is 5.53. The third-order valence-corrected chi connectivity index (χ3v) is 3.50. The summed E-state index contributed by atoms with van der Waals surface area (Å²) in [7, 11) is 0. The van der Waals surface area contributed by atoms with E-state index >= 15 is 0 Å². The Hall–Kier alpha value is -2.15. The minimum atomic E-state index is -4.42. The van der Waals surface area contributed by atoms with E-state index in [9.17, 15) is 13.2 Å². The highest BCUT2D eigenvalue weighted by Crippen LogP contribution is 2.33. The summed E-state index contributed by atoms with van der Waals surface area (Å²) in [6.07, 6.45) is -2.82. The van der Waals surface area contributed by atoms with Crippen LogP contribution in [-0.4, -0.2) is 15.0 Å². The van der Waals surface area contributed by atoms with Crippen molar-refractivity contribution in [2.45, 2.75) is 6.18 Å².